The first-order valence-corrected chi connectivity index (χ1v) is 10.0. The molecule has 26 heavy (non-hydrogen) atoms. The minimum absolute atomic E-state index is 0.156. The highest BCUT2D eigenvalue weighted by Gasteiger charge is 2.42. The Balaban J connectivity index is 1.71. The summed E-state index contributed by atoms with van der Waals surface area (Å²) in [5.41, 5.74) is 0.944. The van der Waals surface area contributed by atoms with Crippen LogP contribution in [-0.4, -0.2) is 72.1 Å². The smallest absolute Gasteiger partial charge is 0.120 e. The summed E-state index contributed by atoms with van der Waals surface area (Å²) in [5, 5.41) is 20.3. The molecular formula is C21H34N2O3. The van der Waals surface area contributed by atoms with Gasteiger partial charge in [-0.25, -0.2) is 0 Å². The Labute approximate surface area is 157 Å². The zero-order valence-corrected chi connectivity index (χ0v) is 16.2. The van der Waals surface area contributed by atoms with Gasteiger partial charge in [-0.1, -0.05) is 31.5 Å². The summed E-state index contributed by atoms with van der Waals surface area (Å²) in [6.45, 7) is 7.10. The highest BCUT2D eigenvalue weighted by Crippen LogP contribution is 2.36. The fourth-order valence-electron chi connectivity index (χ4n) is 4.94. The van der Waals surface area contributed by atoms with Crippen molar-refractivity contribution in [2.24, 2.45) is 11.8 Å². The first-order valence-electron chi connectivity index (χ1n) is 10.0. The maximum atomic E-state index is 10.2. The zero-order chi connectivity index (χ0) is 18.5. The number of hydrogen-bond donors (Lipinski definition) is 2. The summed E-state index contributed by atoms with van der Waals surface area (Å²) in [6, 6.07) is 8.22. The number of methoxy groups -OCH3 is 1. The Bertz CT molecular complexity index is 568. The van der Waals surface area contributed by atoms with E-state index in [1.807, 2.05) is 18.2 Å². The molecule has 146 valence electrons. The van der Waals surface area contributed by atoms with E-state index in [1.54, 1.807) is 13.2 Å². The molecule has 0 spiro atoms. The van der Waals surface area contributed by atoms with Crippen molar-refractivity contribution in [3.63, 3.8) is 0 Å². The Kier molecular flexibility index (Phi) is 6.92. The van der Waals surface area contributed by atoms with Crippen LogP contribution in [0.2, 0.25) is 0 Å². The molecule has 0 radical (unpaired) electrons. The number of aliphatic hydroxyl groups excluding tert-OH is 1. The van der Waals surface area contributed by atoms with Gasteiger partial charge in [0.15, 0.2) is 0 Å². The van der Waals surface area contributed by atoms with Gasteiger partial charge in [-0.3, -0.25) is 9.80 Å². The van der Waals surface area contributed by atoms with E-state index in [0.29, 0.717) is 30.2 Å². The lowest BCUT2D eigenvalue weighted by atomic mass is 9.88. The number of aliphatic hydroxyl groups is 1. The molecular weight excluding hydrogens is 328 g/mol. The first kappa shape index (κ1) is 19.6. The van der Waals surface area contributed by atoms with Crippen molar-refractivity contribution in [3.8, 4) is 5.75 Å². The van der Waals surface area contributed by atoms with Crippen LogP contribution in [0.15, 0.2) is 24.3 Å². The number of ether oxygens (including phenoxy) is 1. The number of nitrogens with zero attached hydrogens (tertiary/aromatic N) is 2. The Morgan fingerprint density at radius 2 is 2.04 bits per heavy atom. The van der Waals surface area contributed by atoms with Crippen molar-refractivity contribution >= 4 is 0 Å². The minimum atomic E-state index is 0.156. The SMILES string of the molecule is CC[C@@H]1CN(Cc2ccccc2O)[C@H](CO)[C@@H]1CN1CCC[C@@H]1COC. The lowest BCUT2D eigenvalue weighted by molar-refractivity contribution is 0.0772. The lowest BCUT2D eigenvalue weighted by Crippen LogP contribution is -2.43. The van der Waals surface area contributed by atoms with Crippen molar-refractivity contribution in [1.29, 1.82) is 0 Å². The number of likely N-dealkylation sites (tertiary alicyclic amines) is 2. The van der Waals surface area contributed by atoms with Crippen LogP contribution in [0, 0.1) is 11.8 Å². The maximum Gasteiger partial charge on any atom is 0.120 e. The van der Waals surface area contributed by atoms with E-state index in [2.05, 4.69) is 16.7 Å². The number of hydrogen-bond acceptors (Lipinski definition) is 5. The van der Waals surface area contributed by atoms with E-state index in [-0.39, 0.29) is 12.6 Å². The monoisotopic (exact) mass is 362 g/mol. The van der Waals surface area contributed by atoms with E-state index in [0.717, 1.165) is 38.2 Å². The minimum Gasteiger partial charge on any atom is -0.508 e. The van der Waals surface area contributed by atoms with E-state index in [1.165, 1.54) is 12.8 Å². The molecule has 0 saturated carbocycles. The zero-order valence-electron chi connectivity index (χ0n) is 16.2. The van der Waals surface area contributed by atoms with Crippen LogP contribution in [0.3, 0.4) is 0 Å². The van der Waals surface area contributed by atoms with Gasteiger partial charge >= 0.3 is 0 Å². The molecule has 5 nitrogen and oxygen atoms in total. The van der Waals surface area contributed by atoms with E-state index in [4.69, 9.17) is 4.74 Å². The maximum absolute atomic E-state index is 10.2. The molecule has 2 aliphatic heterocycles. The van der Waals surface area contributed by atoms with Crippen LogP contribution in [0.5, 0.6) is 5.75 Å². The van der Waals surface area contributed by atoms with Crippen molar-refractivity contribution in [1.82, 2.24) is 9.80 Å². The van der Waals surface area contributed by atoms with Gasteiger partial charge in [0.05, 0.1) is 13.2 Å². The third-order valence-electron chi connectivity index (χ3n) is 6.42. The topological polar surface area (TPSA) is 56.2 Å². The molecule has 0 unspecified atom stereocenters. The molecule has 1 aromatic carbocycles. The van der Waals surface area contributed by atoms with Crippen LogP contribution in [-0.2, 0) is 11.3 Å². The Morgan fingerprint density at radius 3 is 2.73 bits per heavy atom. The second-order valence-electron chi connectivity index (χ2n) is 7.89. The average molecular weight is 363 g/mol. The number of para-hydroxylation sites is 1. The fraction of sp³-hybridized carbons (Fsp3) is 0.714. The molecule has 0 amide bonds. The molecule has 1 aromatic rings. The van der Waals surface area contributed by atoms with Gasteiger partial charge in [0.25, 0.3) is 0 Å². The van der Waals surface area contributed by atoms with Gasteiger partial charge in [0.1, 0.15) is 5.75 Å². The number of benzene rings is 1. The highest BCUT2D eigenvalue weighted by molar-refractivity contribution is 5.31. The summed E-state index contributed by atoms with van der Waals surface area (Å²) in [7, 11) is 1.78. The molecule has 2 heterocycles. The lowest BCUT2D eigenvalue weighted by Gasteiger charge is -2.33. The van der Waals surface area contributed by atoms with E-state index < -0.39 is 0 Å². The molecule has 2 N–H and O–H groups in total. The summed E-state index contributed by atoms with van der Waals surface area (Å²) in [6.07, 6.45) is 3.58. The Morgan fingerprint density at radius 1 is 1.23 bits per heavy atom. The molecule has 3 rings (SSSR count). The summed E-state index contributed by atoms with van der Waals surface area (Å²) in [5.74, 6) is 1.40. The summed E-state index contributed by atoms with van der Waals surface area (Å²) >= 11 is 0. The molecule has 0 aromatic heterocycles. The molecule has 5 heteroatoms. The highest BCUT2D eigenvalue weighted by atomic mass is 16.5. The van der Waals surface area contributed by atoms with Crippen molar-refractivity contribution in [2.45, 2.75) is 44.8 Å². The van der Waals surface area contributed by atoms with Crippen LogP contribution in [0.25, 0.3) is 0 Å². The summed E-state index contributed by atoms with van der Waals surface area (Å²) < 4.78 is 5.41. The predicted molar refractivity (Wildman–Crippen MR) is 103 cm³/mol. The largest absolute Gasteiger partial charge is 0.508 e. The third-order valence-corrected chi connectivity index (χ3v) is 6.42. The first-order chi connectivity index (χ1) is 12.7. The van der Waals surface area contributed by atoms with Crippen LogP contribution >= 0.6 is 0 Å². The van der Waals surface area contributed by atoms with Gasteiger partial charge in [0, 0.05) is 44.4 Å². The second-order valence-corrected chi connectivity index (χ2v) is 7.89. The average Bonchev–Trinajstić information content (AvgIpc) is 3.22. The molecule has 0 aliphatic carbocycles. The summed E-state index contributed by atoms with van der Waals surface area (Å²) in [4.78, 5) is 4.94. The molecule has 2 saturated heterocycles. The molecule has 2 aliphatic rings. The van der Waals surface area contributed by atoms with Gasteiger partial charge in [0.2, 0.25) is 0 Å². The number of rotatable bonds is 8. The van der Waals surface area contributed by atoms with Crippen LogP contribution in [0.4, 0.5) is 0 Å². The van der Waals surface area contributed by atoms with Crippen LogP contribution < -0.4 is 0 Å². The molecule has 4 atom stereocenters. The fourth-order valence-corrected chi connectivity index (χ4v) is 4.94. The molecule has 2 fully saturated rings. The molecule has 0 bridgehead atoms. The quantitative estimate of drug-likeness (QED) is 0.743. The van der Waals surface area contributed by atoms with E-state index in [9.17, 15) is 10.2 Å². The van der Waals surface area contributed by atoms with Crippen LogP contribution in [0.1, 0.15) is 31.7 Å². The number of phenolic OH excluding ortho intramolecular Hbond substituents is 1. The Hall–Kier alpha value is -1.14. The normalized spacial score (nSPS) is 30.3. The predicted octanol–water partition coefficient (Wildman–Crippen LogP) is 2.32. The number of phenols is 1. The standard InChI is InChI=1S/C21H34N2O3/c1-3-16-11-23(12-17-7-4-5-9-21(17)25)20(14-24)19(16)13-22-10-6-8-18(22)15-26-2/h4-5,7,9,16,18-20,24-25H,3,6,8,10-15H2,1-2H3/t16-,18-,19-,20-/m1/s1. The van der Waals surface area contributed by atoms with Gasteiger partial charge < -0.3 is 14.9 Å². The van der Waals surface area contributed by atoms with E-state index >= 15 is 0 Å². The van der Waals surface area contributed by atoms with Crippen molar-refractivity contribution in [2.75, 3.05) is 40.0 Å². The number of aromatic hydroxyl groups is 1. The van der Waals surface area contributed by atoms with Crippen molar-refractivity contribution < 1.29 is 14.9 Å². The van der Waals surface area contributed by atoms with Gasteiger partial charge in [-0.15, -0.1) is 0 Å². The van der Waals surface area contributed by atoms with Gasteiger partial charge in [-0.05, 0) is 37.3 Å². The second kappa shape index (κ2) is 9.18. The van der Waals surface area contributed by atoms with Gasteiger partial charge in [-0.2, -0.15) is 0 Å². The third kappa shape index (κ3) is 4.22. The van der Waals surface area contributed by atoms with Crippen molar-refractivity contribution in [3.05, 3.63) is 29.8 Å².